The molecular weight excluding hydrogens is 240 g/mol. The molecule has 0 aliphatic heterocycles. The maximum atomic E-state index is 9.91. The minimum Gasteiger partial charge on any atom is -0.544 e. The van der Waals surface area contributed by atoms with Gasteiger partial charge in [-0.25, -0.2) is 0 Å². The molecule has 1 aromatic carbocycles. The molecule has 0 amide bonds. The van der Waals surface area contributed by atoms with Crippen molar-refractivity contribution in [2.45, 2.75) is 58.4 Å². The van der Waals surface area contributed by atoms with Crippen molar-refractivity contribution in [3.63, 3.8) is 0 Å². The smallest absolute Gasteiger partial charge is 0.250 e. The molecular formula is C15H26O2Si. The van der Waals surface area contributed by atoms with Crippen molar-refractivity contribution in [2.75, 3.05) is 0 Å². The molecule has 1 rings (SSSR count). The molecule has 0 radical (unpaired) electrons. The molecule has 18 heavy (non-hydrogen) atoms. The Labute approximate surface area is 112 Å². The minimum absolute atomic E-state index is 0.196. The Hall–Kier alpha value is -0.803. The van der Waals surface area contributed by atoms with Crippen molar-refractivity contribution in [3.05, 3.63) is 29.8 Å². The van der Waals surface area contributed by atoms with Gasteiger partial charge in [0.1, 0.15) is 5.75 Å². The van der Waals surface area contributed by atoms with E-state index in [-0.39, 0.29) is 5.04 Å². The molecule has 1 aromatic rings. The SMILES string of the molecule is CC(C)(O)c1ccc(O[Si](C)(C)C(C)(C)C)cc1. The summed E-state index contributed by atoms with van der Waals surface area (Å²) in [6, 6.07) is 7.77. The first-order chi connectivity index (χ1) is 7.93. The lowest BCUT2D eigenvalue weighted by atomic mass is 9.99. The zero-order chi connectivity index (χ0) is 14.2. The highest BCUT2D eigenvalue weighted by atomic mass is 28.4. The van der Waals surface area contributed by atoms with E-state index in [1.54, 1.807) is 13.8 Å². The van der Waals surface area contributed by atoms with Gasteiger partial charge in [0.05, 0.1) is 5.60 Å². The molecule has 0 aromatic heterocycles. The van der Waals surface area contributed by atoms with Crippen LogP contribution in [-0.4, -0.2) is 13.4 Å². The quantitative estimate of drug-likeness (QED) is 0.827. The molecule has 3 heteroatoms. The summed E-state index contributed by atoms with van der Waals surface area (Å²) in [6.07, 6.45) is 0. The molecule has 0 saturated heterocycles. The van der Waals surface area contributed by atoms with Gasteiger partial charge in [0.25, 0.3) is 0 Å². The van der Waals surface area contributed by atoms with Crippen LogP contribution in [0.4, 0.5) is 0 Å². The minimum atomic E-state index is -1.77. The monoisotopic (exact) mass is 266 g/mol. The van der Waals surface area contributed by atoms with E-state index in [4.69, 9.17) is 4.43 Å². The first-order valence-electron chi connectivity index (χ1n) is 6.45. The average Bonchev–Trinajstić information content (AvgIpc) is 2.14. The Morgan fingerprint density at radius 1 is 0.944 bits per heavy atom. The van der Waals surface area contributed by atoms with Gasteiger partial charge in [-0.1, -0.05) is 32.9 Å². The predicted molar refractivity (Wildman–Crippen MR) is 79.5 cm³/mol. The van der Waals surface area contributed by atoms with Gasteiger partial charge in [-0.2, -0.15) is 0 Å². The normalized spacial score (nSPS) is 13.6. The van der Waals surface area contributed by atoms with E-state index in [0.717, 1.165) is 11.3 Å². The van der Waals surface area contributed by atoms with E-state index in [1.165, 1.54) is 0 Å². The topological polar surface area (TPSA) is 29.5 Å². The highest BCUT2D eigenvalue weighted by Gasteiger charge is 2.38. The Bertz CT molecular complexity index is 394. The van der Waals surface area contributed by atoms with Crippen LogP contribution in [0.1, 0.15) is 40.2 Å². The van der Waals surface area contributed by atoms with E-state index < -0.39 is 13.9 Å². The Kier molecular flexibility index (Phi) is 3.99. The van der Waals surface area contributed by atoms with Crippen molar-refractivity contribution < 1.29 is 9.53 Å². The van der Waals surface area contributed by atoms with Crippen LogP contribution in [0.15, 0.2) is 24.3 Å². The van der Waals surface area contributed by atoms with Gasteiger partial charge < -0.3 is 9.53 Å². The van der Waals surface area contributed by atoms with Gasteiger partial charge >= 0.3 is 0 Å². The van der Waals surface area contributed by atoms with Gasteiger partial charge in [-0.15, -0.1) is 0 Å². The molecule has 0 heterocycles. The average molecular weight is 266 g/mol. The van der Waals surface area contributed by atoms with Crippen molar-refractivity contribution in [1.82, 2.24) is 0 Å². The first-order valence-corrected chi connectivity index (χ1v) is 9.36. The highest BCUT2D eigenvalue weighted by molar-refractivity contribution is 6.74. The van der Waals surface area contributed by atoms with E-state index >= 15 is 0 Å². The molecule has 102 valence electrons. The van der Waals surface area contributed by atoms with E-state index in [1.807, 2.05) is 24.3 Å². The lowest BCUT2D eigenvalue weighted by molar-refractivity contribution is 0.0786. The molecule has 1 N–H and O–H groups in total. The maximum absolute atomic E-state index is 9.91. The van der Waals surface area contributed by atoms with Crippen LogP contribution in [0.3, 0.4) is 0 Å². The number of hydrogen-bond acceptors (Lipinski definition) is 2. The second-order valence-corrected chi connectivity index (χ2v) is 11.7. The van der Waals surface area contributed by atoms with Crippen molar-refractivity contribution in [3.8, 4) is 5.75 Å². The third-order valence-electron chi connectivity index (χ3n) is 3.74. The van der Waals surface area contributed by atoms with E-state index in [2.05, 4.69) is 33.9 Å². The fourth-order valence-corrected chi connectivity index (χ4v) is 2.41. The fraction of sp³-hybridized carbons (Fsp3) is 0.600. The maximum Gasteiger partial charge on any atom is 0.250 e. The third-order valence-corrected chi connectivity index (χ3v) is 8.10. The van der Waals surface area contributed by atoms with Crippen LogP contribution in [0.5, 0.6) is 5.75 Å². The second-order valence-electron chi connectivity index (χ2n) is 6.95. The number of hydrogen-bond donors (Lipinski definition) is 1. The zero-order valence-electron chi connectivity index (χ0n) is 12.7. The molecule has 0 aliphatic carbocycles. The van der Waals surface area contributed by atoms with Crippen molar-refractivity contribution >= 4 is 8.32 Å². The van der Waals surface area contributed by atoms with Crippen molar-refractivity contribution in [1.29, 1.82) is 0 Å². The summed E-state index contributed by atoms with van der Waals surface area (Å²) in [4.78, 5) is 0. The Morgan fingerprint density at radius 2 is 1.39 bits per heavy atom. The number of rotatable bonds is 3. The molecule has 0 unspecified atom stereocenters. The summed E-state index contributed by atoms with van der Waals surface area (Å²) >= 11 is 0. The van der Waals surface area contributed by atoms with E-state index in [9.17, 15) is 5.11 Å². The largest absolute Gasteiger partial charge is 0.544 e. The number of benzene rings is 1. The molecule has 0 atom stereocenters. The fourth-order valence-electron chi connectivity index (χ4n) is 1.38. The molecule has 0 aliphatic rings. The van der Waals surface area contributed by atoms with Crippen LogP contribution < -0.4 is 4.43 Å². The van der Waals surface area contributed by atoms with Crippen LogP contribution in [-0.2, 0) is 5.60 Å². The lowest BCUT2D eigenvalue weighted by Gasteiger charge is -2.36. The summed E-state index contributed by atoms with van der Waals surface area (Å²) in [7, 11) is -1.77. The number of aliphatic hydroxyl groups is 1. The van der Waals surface area contributed by atoms with Crippen LogP contribution >= 0.6 is 0 Å². The standard InChI is InChI=1S/C15H26O2Si/c1-14(2,3)18(6,7)17-13-10-8-12(9-11-13)15(4,5)16/h8-11,16H,1-7H3. The van der Waals surface area contributed by atoms with Gasteiger partial charge in [0.2, 0.25) is 8.32 Å². The summed E-state index contributed by atoms with van der Waals surface area (Å²) in [5.41, 5.74) is 0.111. The predicted octanol–water partition coefficient (Wildman–Crippen LogP) is 4.30. The summed E-state index contributed by atoms with van der Waals surface area (Å²) in [6.45, 7) is 14.7. The first kappa shape index (κ1) is 15.3. The van der Waals surface area contributed by atoms with Crippen LogP contribution in [0, 0.1) is 0 Å². The molecule has 0 spiro atoms. The van der Waals surface area contributed by atoms with E-state index in [0.29, 0.717) is 0 Å². The summed E-state index contributed by atoms with van der Waals surface area (Å²) < 4.78 is 6.19. The van der Waals surface area contributed by atoms with Gasteiger partial charge in [-0.05, 0) is 49.7 Å². The summed E-state index contributed by atoms with van der Waals surface area (Å²) in [5, 5.41) is 10.1. The molecule has 0 saturated carbocycles. The van der Waals surface area contributed by atoms with Crippen LogP contribution in [0.25, 0.3) is 0 Å². The van der Waals surface area contributed by atoms with Gasteiger partial charge in [-0.3, -0.25) is 0 Å². The molecule has 0 bridgehead atoms. The summed E-state index contributed by atoms with van der Waals surface area (Å²) in [5.74, 6) is 0.898. The lowest BCUT2D eigenvalue weighted by Crippen LogP contribution is -2.43. The third kappa shape index (κ3) is 3.59. The highest BCUT2D eigenvalue weighted by Crippen LogP contribution is 2.37. The Morgan fingerprint density at radius 3 is 1.72 bits per heavy atom. The second kappa shape index (κ2) is 4.70. The van der Waals surface area contributed by atoms with Gasteiger partial charge in [0, 0.05) is 0 Å². The van der Waals surface area contributed by atoms with Gasteiger partial charge in [0.15, 0.2) is 0 Å². The zero-order valence-corrected chi connectivity index (χ0v) is 13.7. The van der Waals surface area contributed by atoms with Crippen LogP contribution in [0.2, 0.25) is 18.1 Å². The Balaban J connectivity index is 2.89. The van der Waals surface area contributed by atoms with Crippen molar-refractivity contribution in [2.24, 2.45) is 0 Å². The molecule has 0 fully saturated rings. The molecule has 2 nitrogen and oxygen atoms in total.